The molecule has 2 unspecified atom stereocenters. The van der Waals surface area contributed by atoms with Crippen molar-refractivity contribution in [2.75, 3.05) is 12.9 Å². The molecule has 0 spiro atoms. The van der Waals surface area contributed by atoms with E-state index in [1.807, 2.05) is 36.6 Å². The molecule has 6 heteroatoms. The van der Waals surface area contributed by atoms with Gasteiger partial charge in [0.2, 0.25) is 0 Å². The van der Waals surface area contributed by atoms with Gasteiger partial charge < -0.3 is 9.30 Å². The van der Waals surface area contributed by atoms with E-state index in [0.717, 1.165) is 22.6 Å². The van der Waals surface area contributed by atoms with Crippen LogP contribution in [-0.4, -0.2) is 31.9 Å². The summed E-state index contributed by atoms with van der Waals surface area (Å²) in [5.74, 6) is 1.87. The van der Waals surface area contributed by atoms with Crippen LogP contribution >= 0.6 is 11.6 Å². The highest BCUT2D eigenvalue weighted by Crippen LogP contribution is 2.27. The van der Waals surface area contributed by atoms with E-state index in [1.165, 1.54) is 0 Å². The molecule has 0 fully saturated rings. The van der Waals surface area contributed by atoms with E-state index in [1.54, 1.807) is 6.26 Å². The molecule has 1 heterocycles. The van der Waals surface area contributed by atoms with Gasteiger partial charge >= 0.3 is 0 Å². The summed E-state index contributed by atoms with van der Waals surface area (Å²) in [4.78, 5) is 4.57. The fraction of sp³-hybridized carbons (Fsp3) is 0.500. The first-order chi connectivity index (χ1) is 9.58. The van der Waals surface area contributed by atoms with Gasteiger partial charge in [0.15, 0.2) is 0 Å². The molecule has 20 heavy (non-hydrogen) atoms. The Bertz CT molecular complexity index is 627. The highest BCUT2D eigenvalue weighted by atomic mass is 35.5. The molecule has 1 aromatic carbocycles. The molecule has 0 bridgehead atoms. The van der Waals surface area contributed by atoms with Gasteiger partial charge in [0, 0.05) is 28.9 Å². The summed E-state index contributed by atoms with van der Waals surface area (Å²) in [5.41, 5.74) is 1.79. The van der Waals surface area contributed by atoms with Gasteiger partial charge in [-0.3, -0.25) is 4.21 Å². The molecule has 0 saturated carbocycles. The number of alkyl halides is 1. The Labute approximate surface area is 126 Å². The Balaban J connectivity index is 2.52. The van der Waals surface area contributed by atoms with E-state index < -0.39 is 10.8 Å². The lowest BCUT2D eigenvalue weighted by Crippen LogP contribution is -2.18. The third-order valence-electron chi connectivity index (χ3n) is 3.25. The van der Waals surface area contributed by atoms with Gasteiger partial charge in [-0.25, -0.2) is 4.98 Å². The zero-order valence-corrected chi connectivity index (χ0v) is 13.5. The van der Waals surface area contributed by atoms with Gasteiger partial charge in [0.05, 0.1) is 18.0 Å². The molecule has 0 aliphatic carbocycles. The van der Waals surface area contributed by atoms with Crippen molar-refractivity contribution in [3.05, 3.63) is 24.0 Å². The van der Waals surface area contributed by atoms with Gasteiger partial charge in [-0.1, -0.05) is 6.07 Å². The molecule has 2 rings (SSSR count). The fourth-order valence-electron chi connectivity index (χ4n) is 2.11. The molecule has 2 atom stereocenters. The quantitative estimate of drug-likeness (QED) is 0.770. The van der Waals surface area contributed by atoms with Crippen LogP contribution in [0.3, 0.4) is 0 Å². The average molecular weight is 315 g/mol. The lowest BCUT2D eigenvalue weighted by molar-refractivity contribution is 0.343. The SMILES string of the molecule is CCOc1cccc2c1nc(CCl)n2CC(C)S(C)=O. The number of ether oxygens (including phenoxy) is 1. The summed E-state index contributed by atoms with van der Waals surface area (Å²) in [6.45, 7) is 5.14. The molecule has 0 N–H and O–H groups in total. The van der Waals surface area contributed by atoms with E-state index in [9.17, 15) is 4.21 Å². The maximum Gasteiger partial charge on any atom is 0.147 e. The third kappa shape index (κ3) is 2.99. The summed E-state index contributed by atoms with van der Waals surface area (Å²) in [6.07, 6.45) is 1.72. The van der Waals surface area contributed by atoms with E-state index in [4.69, 9.17) is 16.3 Å². The minimum absolute atomic E-state index is 0.0464. The van der Waals surface area contributed by atoms with Crippen molar-refractivity contribution in [2.45, 2.75) is 31.5 Å². The minimum atomic E-state index is -0.880. The van der Waals surface area contributed by atoms with Crippen LogP contribution in [0.1, 0.15) is 19.7 Å². The average Bonchev–Trinajstić information content (AvgIpc) is 2.78. The smallest absolute Gasteiger partial charge is 0.147 e. The van der Waals surface area contributed by atoms with Crippen molar-refractivity contribution in [3.8, 4) is 5.75 Å². The summed E-state index contributed by atoms with van der Waals surface area (Å²) in [7, 11) is -0.880. The van der Waals surface area contributed by atoms with Gasteiger partial charge in [0.25, 0.3) is 0 Å². The zero-order chi connectivity index (χ0) is 14.7. The van der Waals surface area contributed by atoms with Crippen LogP contribution in [0.5, 0.6) is 5.75 Å². The molecule has 1 aromatic heterocycles. The van der Waals surface area contributed by atoms with Gasteiger partial charge in [-0.15, -0.1) is 11.6 Å². The topological polar surface area (TPSA) is 44.1 Å². The van der Waals surface area contributed by atoms with Crippen molar-refractivity contribution < 1.29 is 8.95 Å². The molecule has 0 amide bonds. The van der Waals surface area contributed by atoms with Crippen molar-refractivity contribution in [2.24, 2.45) is 0 Å². The van der Waals surface area contributed by atoms with Crippen LogP contribution in [0, 0.1) is 0 Å². The van der Waals surface area contributed by atoms with E-state index >= 15 is 0 Å². The summed E-state index contributed by atoms with van der Waals surface area (Å²) >= 11 is 6.00. The van der Waals surface area contributed by atoms with E-state index in [2.05, 4.69) is 4.98 Å². The van der Waals surface area contributed by atoms with Crippen LogP contribution in [0.4, 0.5) is 0 Å². The van der Waals surface area contributed by atoms with Crippen LogP contribution in [0.2, 0.25) is 0 Å². The van der Waals surface area contributed by atoms with E-state index in [0.29, 0.717) is 19.0 Å². The summed E-state index contributed by atoms with van der Waals surface area (Å²) in [6, 6.07) is 5.84. The Morgan fingerprint density at radius 1 is 1.50 bits per heavy atom. The maximum atomic E-state index is 11.6. The fourth-order valence-corrected chi connectivity index (χ4v) is 2.67. The molecule has 0 saturated heterocycles. The monoisotopic (exact) mass is 314 g/mol. The number of hydrogen-bond acceptors (Lipinski definition) is 3. The predicted molar refractivity (Wildman–Crippen MR) is 84.0 cm³/mol. The third-order valence-corrected chi connectivity index (χ3v) is 4.77. The van der Waals surface area contributed by atoms with Crippen molar-refractivity contribution in [1.82, 2.24) is 9.55 Å². The lowest BCUT2D eigenvalue weighted by Gasteiger charge is -2.12. The van der Waals surface area contributed by atoms with Gasteiger partial charge in [-0.2, -0.15) is 0 Å². The minimum Gasteiger partial charge on any atom is -0.492 e. The number of aromatic nitrogens is 2. The first kappa shape index (κ1) is 15.3. The summed E-state index contributed by atoms with van der Waals surface area (Å²) < 4.78 is 19.2. The summed E-state index contributed by atoms with van der Waals surface area (Å²) in [5, 5.41) is 0.0464. The molecular weight excluding hydrogens is 296 g/mol. The Morgan fingerprint density at radius 3 is 2.85 bits per heavy atom. The number of rotatable bonds is 6. The number of imidazole rings is 1. The number of para-hydroxylation sites is 1. The standard InChI is InChI=1S/C14H19ClN2O2S/c1-4-19-12-7-5-6-11-14(12)16-13(8-15)17(11)9-10(2)20(3)18/h5-7,10H,4,8-9H2,1-3H3. The van der Waals surface area contributed by atoms with Crippen LogP contribution in [0.15, 0.2) is 18.2 Å². The Kier molecular flexibility index (Phi) is 5.05. The van der Waals surface area contributed by atoms with E-state index in [-0.39, 0.29) is 5.25 Å². The van der Waals surface area contributed by atoms with Crippen molar-refractivity contribution in [1.29, 1.82) is 0 Å². The Morgan fingerprint density at radius 2 is 2.25 bits per heavy atom. The molecule has 0 radical (unpaired) electrons. The number of halogens is 1. The Hall–Kier alpha value is -1.07. The first-order valence-electron chi connectivity index (χ1n) is 6.57. The van der Waals surface area contributed by atoms with Crippen molar-refractivity contribution in [3.63, 3.8) is 0 Å². The number of hydrogen-bond donors (Lipinski definition) is 0. The van der Waals surface area contributed by atoms with Crippen LogP contribution < -0.4 is 4.74 Å². The highest BCUT2D eigenvalue weighted by molar-refractivity contribution is 7.84. The molecule has 2 aromatic rings. The second kappa shape index (κ2) is 6.59. The second-order valence-corrected chi connectivity index (χ2v) is 6.71. The molecule has 110 valence electrons. The first-order valence-corrected chi connectivity index (χ1v) is 8.73. The van der Waals surface area contributed by atoms with Gasteiger partial charge in [0.1, 0.15) is 17.1 Å². The lowest BCUT2D eigenvalue weighted by atomic mass is 10.3. The van der Waals surface area contributed by atoms with Gasteiger partial charge in [-0.05, 0) is 26.0 Å². The number of fused-ring (bicyclic) bond motifs is 1. The van der Waals surface area contributed by atoms with Crippen LogP contribution in [0.25, 0.3) is 11.0 Å². The molecule has 0 aliphatic heterocycles. The van der Waals surface area contributed by atoms with Crippen molar-refractivity contribution >= 4 is 33.4 Å². The predicted octanol–water partition coefficient (Wildman–Crippen LogP) is 2.94. The highest BCUT2D eigenvalue weighted by Gasteiger charge is 2.16. The second-order valence-electron chi connectivity index (χ2n) is 4.64. The zero-order valence-electron chi connectivity index (χ0n) is 11.9. The number of benzene rings is 1. The van der Waals surface area contributed by atoms with Crippen LogP contribution in [-0.2, 0) is 23.2 Å². The maximum absolute atomic E-state index is 11.6. The largest absolute Gasteiger partial charge is 0.492 e. The molecule has 0 aliphatic rings. The molecule has 4 nitrogen and oxygen atoms in total. The normalized spacial score (nSPS) is 14.4. The molecular formula is C14H19ClN2O2S. The number of nitrogens with zero attached hydrogens (tertiary/aromatic N) is 2.